The van der Waals surface area contributed by atoms with Crippen LogP contribution in [0.5, 0.6) is 11.5 Å². The normalized spacial score (nSPS) is 12.9. The van der Waals surface area contributed by atoms with Crippen molar-refractivity contribution < 1.29 is 10.2 Å². The summed E-state index contributed by atoms with van der Waals surface area (Å²) in [6, 6.07) is 29.3. The zero-order valence-electron chi connectivity index (χ0n) is 27.4. The Morgan fingerprint density at radius 3 is 1.05 bits per heavy atom. The maximum absolute atomic E-state index is 12.2. The molecule has 0 aliphatic carbocycles. The Morgan fingerprint density at radius 2 is 0.762 bits per heavy atom. The molecule has 0 aromatic heterocycles. The number of hydrogen-bond donors (Lipinski definition) is 2. The van der Waals surface area contributed by atoms with Crippen LogP contribution in [0, 0.1) is 0 Å². The highest BCUT2D eigenvalue weighted by Gasteiger charge is 2.34. The fourth-order valence-corrected chi connectivity index (χ4v) is 5.84. The average molecular weight is 563 g/mol. The van der Waals surface area contributed by atoms with E-state index in [-0.39, 0.29) is 22.3 Å². The van der Waals surface area contributed by atoms with E-state index in [1.165, 1.54) is 0 Å². The number of aromatic hydroxyl groups is 2. The van der Waals surface area contributed by atoms with Crippen LogP contribution < -0.4 is 0 Å². The van der Waals surface area contributed by atoms with E-state index in [4.69, 9.17) is 0 Å². The van der Waals surface area contributed by atoms with E-state index in [1.807, 2.05) is 12.1 Å². The van der Waals surface area contributed by atoms with Crippen molar-refractivity contribution in [1.82, 2.24) is 0 Å². The van der Waals surface area contributed by atoms with Crippen LogP contribution in [0.4, 0.5) is 0 Å². The molecule has 4 aromatic carbocycles. The quantitative estimate of drug-likeness (QED) is 0.213. The molecule has 0 bridgehead atoms. The highest BCUT2D eigenvalue weighted by Crippen LogP contribution is 2.50. The van der Waals surface area contributed by atoms with Gasteiger partial charge in [0.2, 0.25) is 0 Å². The standard InChI is InChI=1S/C40H50O2/c1-11-37(3,4)29-23-31(35(41)33(25-29)39(7,8)27-19-15-13-16-20-27)32-24-30(38(5,6)12-2)26-34(36(32)42)40(9,10)28-21-17-14-18-22-28/h13-26,41-42H,11-12H2,1-10H3. The average Bonchev–Trinajstić information content (AvgIpc) is 2.98. The summed E-state index contributed by atoms with van der Waals surface area (Å²) in [6.45, 7) is 22.1. The van der Waals surface area contributed by atoms with Crippen LogP contribution in [0.25, 0.3) is 11.1 Å². The molecule has 0 saturated heterocycles. The number of hydrogen-bond acceptors (Lipinski definition) is 2. The summed E-state index contributed by atoms with van der Waals surface area (Å²) in [4.78, 5) is 0. The highest BCUT2D eigenvalue weighted by molar-refractivity contribution is 5.81. The van der Waals surface area contributed by atoms with E-state index in [2.05, 4.69) is 142 Å². The second-order valence-electron chi connectivity index (χ2n) is 14.3. The van der Waals surface area contributed by atoms with Gasteiger partial charge in [-0.3, -0.25) is 0 Å². The number of phenols is 2. The van der Waals surface area contributed by atoms with E-state index >= 15 is 0 Å². The Hall–Kier alpha value is -3.52. The Morgan fingerprint density at radius 1 is 0.452 bits per heavy atom. The molecule has 42 heavy (non-hydrogen) atoms. The van der Waals surface area contributed by atoms with Gasteiger partial charge in [0.15, 0.2) is 0 Å². The topological polar surface area (TPSA) is 40.5 Å². The maximum Gasteiger partial charge on any atom is 0.127 e. The molecule has 0 saturated carbocycles. The summed E-state index contributed by atoms with van der Waals surface area (Å²) in [5, 5.41) is 24.4. The lowest BCUT2D eigenvalue weighted by Gasteiger charge is -2.34. The van der Waals surface area contributed by atoms with Crippen molar-refractivity contribution in [3.05, 3.63) is 118 Å². The molecule has 2 heteroatoms. The van der Waals surface area contributed by atoms with Gasteiger partial charge in [0.1, 0.15) is 11.5 Å². The van der Waals surface area contributed by atoms with Crippen LogP contribution >= 0.6 is 0 Å². The fraction of sp³-hybridized carbons (Fsp3) is 0.400. The second-order valence-corrected chi connectivity index (χ2v) is 14.3. The van der Waals surface area contributed by atoms with Crippen molar-refractivity contribution >= 4 is 0 Å². The zero-order valence-corrected chi connectivity index (χ0v) is 27.4. The molecule has 222 valence electrons. The Balaban J connectivity index is 2.12. The van der Waals surface area contributed by atoms with Crippen molar-refractivity contribution in [3.8, 4) is 22.6 Å². The van der Waals surface area contributed by atoms with Gasteiger partial charge in [-0.2, -0.15) is 0 Å². The third-order valence-corrected chi connectivity index (χ3v) is 10.2. The molecule has 0 amide bonds. The molecular formula is C40H50O2. The van der Waals surface area contributed by atoms with Gasteiger partial charge in [0.25, 0.3) is 0 Å². The summed E-state index contributed by atoms with van der Waals surface area (Å²) in [5.41, 5.74) is 6.52. The lowest BCUT2D eigenvalue weighted by atomic mass is 9.71. The molecule has 0 atom stereocenters. The van der Waals surface area contributed by atoms with Crippen molar-refractivity contribution in [2.75, 3.05) is 0 Å². The Labute approximate surface area is 254 Å². The summed E-state index contributed by atoms with van der Waals surface area (Å²) in [7, 11) is 0. The van der Waals surface area contributed by atoms with Crippen molar-refractivity contribution in [3.63, 3.8) is 0 Å². The summed E-state index contributed by atoms with van der Waals surface area (Å²) in [5.74, 6) is 0.453. The monoisotopic (exact) mass is 562 g/mol. The minimum Gasteiger partial charge on any atom is -0.507 e. The molecular weight excluding hydrogens is 512 g/mol. The molecule has 0 aliphatic rings. The lowest BCUT2D eigenvalue weighted by Crippen LogP contribution is -2.23. The van der Waals surface area contributed by atoms with Gasteiger partial charge in [0, 0.05) is 33.1 Å². The van der Waals surface area contributed by atoms with Gasteiger partial charge in [-0.25, -0.2) is 0 Å². The highest BCUT2D eigenvalue weighted by atomic mass is 16.3. The van der Waals surface area contributed by atoms with Gasteiger partial charge in [-0.1, -0.05) is 142 Å². The molecule has 4 aromatic rings. The molecule has 0 spiro atoms. The first kappa shape index (κ1) is 31.4. The molecule has 0 unspecified atom stereocenters. The molecule has 4 rings (SSSR count). The summed E-state index contributed by atoms with van der Waals surface area (Å²) >= 11 is 0. The Kier molecular flexibility index (Phi) is 8.44. The minimum absolute atomic E-state index is 0.119. The van der Waals surface area contributed by atoms with Crippen molar-refractivity contribution in [2.45, 2.75) is 104 Å². The fourth-order valence-electron chi connectivity index (χ4n) is 5.84. The summed E-state index contributed by atoms with van der Waals surface area (Å²) in [6.07, 6.45) is 1.90. The minimum atomic E-state index is -0.456. The number of rotatable bonds is 9. The van der Waals surface area contributed by atoms with Crippen LogP contribution in [0.2, 0.25) is 0 Å². The SMILES string of the molecule is CCC(C)(C)c1cc(-c2cc(C(C)(C)CC)cc(C(C)(C)c3ccccc3)c2O)c(O)c(C(C)(C)c2ccccc2)c1. The van der Waals surface area contributed by atoms with Crippen LogP contribution in [-0.2, 0) is 21.7 Å². The zero-order chi connectivity index (χ0) is 31.1. The molecule has 0 radical (unpaired) electrons. The first-order chi connectivity index (χ1) is 19.6. The van der Waals surface area contributed by atoms with Gasteiger partial charge in [-0.15, -0.1) is 0 Å². The van der Waals surface area contributed by atoms with Crippen LogP contribution in [0.1, 0.15) is 115 Å². The van der Waals surface area contributed by atoms with E-state index < -0.39 is 10.8 Å². The third kappa shape index (κ3) is 5.61. The van der Waals surface area contributed by atoms with E-state index in [9.17, 15) is 10.2 Å². The van der Waals surface area contributed by atoms with Gasteiger partial charge in [0.05, 0.1) is 0 Å². The maximum atomic E-state index is 12.2. The lowest BCUT2D eigenvalue weighted by molar-refractivity contribution is 0.442. The molecule has 2 nitrogen and oxygen atoms in total. The summed E-state index contributed by atoms with van der Waals surface area (Å²) < 4.78 is 0. The van der Waals surface area contributed by atoms with Gasteiger partial charge in [-0.05, 0) is 58.1 Å². The predicted octanol–water partition coefficient (Wildman–Crippen LogP) is 10.8. The molecule has 0 fully saturated rings. The van der Waals surface area contributed by atoms with Gasteiger partial charge < -0.3 is 10.2 Å². The van der Waals surface area contributed by atoms with E-state index in [1.54, 1.807) is 0 Å². The first-order valence-electron chi connectivity index (χ1n) is 15.4. The third-order valence-electron chi connectivity index (χ3n) is 10.2. The molecule has 0 heterocycles. The van der Waals surface area contributed by atoms with Crippen molar-refractivity contribution in [2.24, 2.45) is 0 Å². The van der Waals surface area contributed by atoms with Crippen LogP contribution in [-0.4, -0.2) is 10.2 Å². The smallest absolute Gasteiger partial charge is 0.127 e. The molecule has 2 N–H and O–H groups in total. The van der Waals surface area contributed by atoms with Crippen LogP contribution in [0.3, 0.4) is 0 Å². The van der Waals surface area contributed by atoms with Gasteiger partial charge >= 0.3 is 0 Å². The predicted molar refractivity (Wildman–Crippen MR) is 179 cm³/mol. The Bertz CT molecular complexity index is 1420. The van der Waals surface area contributed by atoms with Crippen LogP contribution in [0.15, 0.2) is 84.9 Å². The van der Waals surface area contributed by atoms with E-state index in [0.717, 1.165) is 46.2 Å². The second kappa shape index (κ2) is 11.3. The number of benzene rings is 4. The van der Waals surface area contributed by atoms with Crippen molar-refractivity contribution in [1.29, 1.82) is 0 Å². The largest absolute Gasteiger partial charge is 0.507 e. The first-order valence-corrected chi connectivity index (χ1v) is 15.4. The molecule has 0 aliphatic heterocycles. The number of phenolic OH excluding ortho intramolecular Hbond substituents is 2. The van der Waals surface area contributed by atoms with E-state index in [0.29, 0.717) is 11.1 Å².